The van der Waals surface area contributed by atoms with Gasteiger partial charge in [-0.15, -0.1) is 0 Å². The summed E-state index contributed by atoms with van der Waals surface area (Å²) in [5, 5.41) is 18.0. The molecule has 0 aliphatic heterocycles. The summed E-state index contributed by atoms with van der Waals surface area (Å²) in [6, 6.07) is 0. The SMILES string of the molecule is CCCCCCCC(OC(C)C)OC(O)CO.[Ti]. The molecule has 0 aliphatic rings. The monoisotopic (exact) mass is 296 g/mol. The molecular weight excluding hydrogens is 268 g/mol. The number of unbranched alkanes of at least 4 members (excludes halogenated alkanes) is 4. The molecule has 0 spiro atoms. The summed E-state index contributed by atoms with van der Waals surface area (Å²) < 4.78 is 10.7. The summed E-state index contributed by atoms with van der Waals surface area (Å²) >= 11 is 0. The summed E-state index contributed by atoms with van der Waals surface area (Å²) in [5.74, 6) is 0. The van der Waals surface area contributed by atoms with E-state index in [0.717, 1.165) is 19.3 Å². The normalized spacial score (nSPS) is 14.3. The Morgan fingerprint density at radius 2 is 1.61 bits per heavy atom. The Bertz CT molecular complexity index is 167. The fourth-order valence-corrected chi connectivity index (χ4v) is 1.60. The van der Waals surface area contributed by atoms with Gasteiger partial charge < -0.3 is 19.7 Å². The van der Waals surface area contributed by atoms with Crippen LogP contribution < -0.4 is 0 Å². The second kappa shape index (κ2) is 14.0. The molecule has 108 valence electrons. The predicted molar refractivity (Wildman–Crippen MR) is 67.6 cm³/mol. The first kappa shape index (κ1) is 20.9. The number of hydrogen-bond acceptors (Lipinski definition) is 4. The van der Waals surface area contributed by atoms with Crippen LogP contribution in [0.15, 0.2) is 0 Å². The third kappa shape index (κ3) is 13.0. The quantitative estimate of drug-likeness (QED) is 0.349. The maximum absolute atomic E-state index is 9.23. The third-order valence-electron chi connectivity index (χ3n) is 2.43. The molecule has 0 aromatic rings. The van der Waals surface area contributed by atoms with E-state index in [1.165, 1.54) is 19.3 Å². The molecule has 18 heavy (non-hydrogen) atoms. The molecule has 2 atom stereocenters. The van der Waals surface area contributed by atoms with Crippen molar-refractivity contribution in [2.45, 2.75) is 78.0 Å². The summed E-state index contributed by atoms with van der Waals surface area (Å²) in [6.45, 7) is 5.65. The molecule has 4 nitrogen and oxygen atoms in total. The van der Waals surface area contributed by atoms with Crippen LogP contribution in [0.25, 0.3) is 0 Å². The molecule has 2 N–H and O–H groups in total. The number of aliphatic hydroxyl groups excluding tert-OH is 2. The minimum atomic E-state index is -1.14. The van der Waals surface area contributed by atoms with Crippen LogP contribution in [0.2, 0.25) is 0 Å². The van der Waals surface area contributed by atoms with E-state index >= 15 is 0 Å². The van der Waals surface area contributed by atoms with Crippen LogP contribution >= 0.6 is 0 Å². The molecule has 0 saturated heterocycles. The number of rotatable bonds is 11. The Kier molecular flexibility index (Phi) is 16.2. The van der Waals surface area contributed by atoms with Gasteiger partial charge in [-0.3, -0.25) is 0 Å². The van der Waals surface area contributed by atoms with Gasteiger partial charge in [-0.05, 0) is 26.7 Å². The third-order valence-corrected chi connectivity index (χ3v) is 2.43. The molecule has 0 heterocycles. The van der Waals surface area contributed by atoms with Crippen LogP contribution in [0, 0.1) is 0 Å². The van der Waals surface area contributed by atoms with Crippen molar-refractivity contribution < 1.29 is 41.4 Å². The Balaban J connectivity index is 0. The topological polar surface area (TPSA) is 58.9 Å². The van der Waals surface area contributed by atoms with Gasteiger partial charge in [0.25, 0.3) is 0 Å². The molecule has 0 saturated carbocycles. The molecule has 0 bridgehead atoms. The van der Waals surface area contributed by atoms with E-state index < -0.39 is 19.2 Å². The Labute approximate surface area is 126 Å². The number of ether oxygens (including phenoxy) is 2. The van der Waals surface area contributed by atoms with Crippen LogP contribution in [-0.2, 0) is 31.2 Å². The van der Waals surface area contributed by atoms with E-state index in [1.807, 2.05) is 13.8 Å². The molecule has 0 amide bonds. The molecule has 0 aromatic carbocycles. The van der Waals surface area contributed by atoms with Crippen molar-refractivity contribution in [3.8, 4) is 0 Å². The molecule has 0 radical (unpaired) electrons. The minimum Gasteiger partial charge on any atom is -0.391 e. The van der Waals surface area contributed by atoms with E-state index in [0.29, 0.717) is 0 Å². The largest absolute Gasteiger partial charge is 0.391 e. The van der Waals surface area contributed by atoms with E-state index in [4.69, 9.17) is 14.6 Å². The van der Waals surface area contributed by atoms with E-state index in [9.17, 15) is 5.11 Å². The van der Waals surface area contributed by atoms with Gasteiger partial charge in [0, 0.05) is 21.7 Å². The van der Waals surface area contributed by atoms with Gasteiger partial charge in [0.05, 0.1) is 12.7 Å². The van der Waals surface area contributed by atoms with Gasteiger partial charge in [0.15, 0.2) is 12.6 Å². The van der Waals surface area contributed by atoms with Crippen LogP contribution in [0.1, 0.15) is 59.3 Å². The molecule has 2 unspecified atom stereocenters. The number of aliphatic hydroxyl groups is 2. The van der Waals surface area contributed by atoms with E-state index in [-0.39, 0.29) is 27.8 Å². The summed E-state index contributed by atoms with van der Waals surface area (Å²) in [5.41, 5.74) is 0. The second-order valence-corrected chi connectivity index (χ2v) is 4.59. The first-order valence-corrected chi connectivity index (χ1v) is 6.70. The van der Waals surface area contributed by atoms with Crippen molar-refractivity contribution in [2.75, 3.05) is 6.61 Å². The zero-order valence-corrected chi connectivity index (χ0v) is 13.5. The first-order valence-electron chi connectivity index (χ1n) is 6.70. The Morgan fingerprint density at radius 3 is 2.11 bits per heavy atom. The van der Waals surface area contributed by atoms with Crippen molar-refractivity contribution >= 4 is 0 Å². The smallest absolute Gasteiger partial charge is 0.181 e. The predicted octanol–water partition coefficient (Wildman–Crippen LogP) is 2.42. The van der Waals surface area contributed by atoms with Gasteiger partial charge >= 0.3 is 0 Å². The maximum Gasteiger partial charge on any atom is 0.181 e. The van der Waals surface area contributed by atoms with Crippen LogP contribution in [0.3, 0.4) is 0 Å². The minimum absolute atomic E-state index is 0. The molecule has 5 heteroatoms. The molecule has 0 fully saturated rings. The van der Waals surface area contributed by atoms with Crippen LogP contribution in [-0.4, -0.2) is 35.5 Å². The van der Waals surface area contributed by atoms with Crippen LogP contribution in [0.5, 0.6) is 0 Å². The standard InChI is InChI=1S/C13H28O4.Ti/c1-4-5-6-7-8-9-13(16-11(2)3)17-12(15)10-14;/h11-15H,4-10H2,1-3H3;. The fourth-order valence-electron chi connectivity index (χ4n) is 1.60. The average Bonchev–Trinajstić information content (AvgIpc) is 2.27. The van der Waals surface area contributed by atoms with Crippen molar-refractivity contribution in [1.82, 2.24) is 0 Å². The Morgan fingerprint density at radius 1 is 1.00 bits per heavy atom. The van der Waals surface area contributed by atoms with Gasteiger partial charge in [0.2, 0.25) is 0 Å². The van der Waals surface area contributed by atoms with E-state index in [2.05, 4.69) is 6.92 Å². The van der Waals surface area contributed by atoms with Gasteiger partial charge in [0.1, 0.15) is 0 Å². The summed E-state index contributed by atoms with van der Waals surface area (Å²) in [6.07, 6.45) is 5.16. The molecule has 0 aliphatic carbocycles. The zero-order valence-electron chi connectivity index (χ0n) is 11.9. The molecule has 0 aromatic heterocycles. The van der Waals surface area contributed by atoms with Crippen molar-refractivity contribution in [2.24, 2.45) is 0 Å². The van der Waals surface area contributed by atoms with Crippen molar-refractivity contribution in [3.05, 3.63) is 0 Å². The molecule has 0 rings (SSSR count). The zero-order chi connectivity index (χ0) is 13.1. The second-order valence-electron chi connectivity index (χ2n) is 4.59. The first-order chi connectivity index (χ1) is 8.10. The maximum atomic E-state index is 9.23. The van der Waals surface area contributed by atoms with Gasteiger partial charge in [-0.25, -0.2) is 0 Å². The number of hydrogen-bond donors (Lipinski definition) is 2. The summed E-state index contributed by atoms with van der Waals surface area (Å²) in [4.78, 5) is 0. The Hall–Kier alpha value is 0.554. The van der Waals surface area contributed by atoms with Gasteiger partial charge in [-0.1, -0.05) is 32.6 Å². The average molecular weight is 296 g/mol. The van der Waals surface area contributed by atoms with Crippen molar-refractivity contribution in [3.63, 3.8) is 0 Å². The van der Waals surface area contributed by atoms with Crippen molar-refractivity contribution in [1.29, 1.82) is 0 Å². The van der Waals surface area contributed by atoms with Crippen LogP contribution in [0.4, 0.5) is 0 Å². The fraction of sp³-hybridized carbons (Fsp3) is 1.00. The van der Waals surface area contributed by atoms with Gasteiger partial charge in [-0.2, -0.15) is 0 Å². The molecular formula is C13H28O4Ti. The van der Waals surface area contributed by atoms with E-state index in [1.54, 1.807) is 0 Å². The summed E-state index contributed by atoms with van der Waals surface area (Å²) in [7, 11) is 0.